The van der Waals surface area contributed by atoms with Gasteiger partial charge in [-0.25, -0.2) is 4.98 Å². The third-order valence-corrected chi connectivity index (χ3v) is 5.96. The van der Waals surface area contributed by atoms with Crippen LogP contribution in [0.4, 0.5) is 11.6 Å². The van der Waals surface area contributed by atoms with Crippen LogP contribution in [0, 0.1) is 0 Å². The van der Waals surface area contributed by atoms with Gasteiger partial charge >= 0.3 is 0 Å². The van der Waals surface area contributed by atoms with Crippen LogP contribution in [0.5, 0.6) is 0 Å². The minimum Gasteiger partial charge on any atom is -0.323 e. The zero-order chi connectivity index (χ0) is 20.5. The number of nitrogens with zero attached hydrogens (tertiary/aromatic N) is 3. The molecule has 2 aromatic heterocycles. The number of anilines is 2. The largest absolute Gasteiger partial charge is 0.323 e. The van der Waals surface area contributed by atoms with E-state index < -0.39 is 0 Å². The first kappa shape index (κ1) is 19.8. The summed E-state index contributed by atoms with van der Waals surface area (Å²) in [6.07, 6.45) is 3.69. The van der Waals surface area contributed by atoms with Gasteiger partial charge in [0.25, 0.3) is 5.56 Å². The average molecular weight is 443 g/mol. The van der Waals surface area contributed by atoms with Crippen LogP contribution in [0.2, 0.25) is 10.0 Å². The molecule has 146 valence electrons. The molecule has 0 aliphatic heterocycles. The number of fused-ring (bicyclic) bond motifs is 1. The lowest BCUT2D eigenvalue weighted by Crippen LogP contribution is -2.20. The molecule has 0 aliphatic carbocycles. The van der Waals surface area contributed by atoms with E-state index in [0.717, 1.165) is 10.6 Å². The summed E-state index contributed by atoms with van der Waals surface area (Å²) in [5.41, 5.74) is 2.11. The molecule has 2 aromatic carbocycles. The Kier molecular flexibility index (Phi) is 5.50. The molecule has 0 unspecified atom stereocenters. The molecule has 0 bridgehead atoms. The van der Waals surface area contributed by atoms with Crippen molar-refractivity contribution in [2.24, 2.45) is 7.05 Å². The molecular formula is C21H16Cl2N4OS. The Morgan fingerprint density at radius 1 is 1.07 bits per heavy atom. The Bertz CT molecular complexity index is 1270. The summed E-state index contributed by atoms with van der Waals surface area (Å²) in [7, 11) is 1.67. The Labute approximate surface area is 181 Å². The molecule has 5 nitrogen and oxygen atoms in total. The smallest absolute Gasteiger partial charge is 0.259 e. The number of aromatic nitrogens is 3. The molecule has 8 heteroatoms. The topological polar surface area (TPSA) is 59.8 Å². The van der Waals surface area contributed by atoms with Crippen LogP contribution in [-0.4, -0.2) is 20.8 Å². The fraction of sp³-hybridized carbons (Fsp3) is 0.0952. The summed E-state index contributed by atoms with van der Waals surface area (Å²) in [5.74, 6) is 0.414. The van der Waals surface area contributed by atoms with E-state index in [1.54, 1.807) is 49.3 Å². The number of halogens is 2. The van der Waals surface area contributed by atoms with Crippen molar-refractivity contribution in [2.45, 2.75) is 4.90 Å². The number of rotatable bonds is 4. The lowest BCUT2D eigenvalue weighted by molar-refractivity contribution is 0.887. The maximum absolute atomic E-state index is 13.0. The summed E-state index contributed by atoms with van der Waals surface area (Å²) >= 11 is 14.2. The molecule has 0 aliphatic rings. The predicted molar refractivity (Wildman–Crippen MR) is 122 cm³/mol. The quantitative estimate of drug-likeness (QED) is 0.406. The van der Waals surface area contributed by atoms with Crippen LogP contribution in [0.1, 0.15) is 0 Å². The second-order valence-electron chi connectivity index (χ2n) is 6.32. The highest BCUT2D eigenvalue weighted by Crippen LogP contribution is 2.34. The molecule has 0 fully saturated rings. The average Bonchev–Trinajstić information content (AvgIpc) is 2.72. The minimum atomic E-state index is -0.235. The Balaban J connectivity index is 1.83. The molecule has 0 amide bonds. The maximum atomic E-state index is 13.0. The molecule has 29 heavy (non-hydrogen) atoms. The Hall–Kier alpha value is -2.54. The van der Waals surface area contributed by atoms with Crippen molar-refractivity contribution in [3.63, 3.8) is 0 Å². The standard InChI is InChI=1S/C21H16Cl2N4OS/c1-27-19-12(10-13(20(27)28)18-14(22)6-5-7-15(18)23)11-24-21(26-19)25-16-8-3-4-9-17(16)29-2/h3-11H,1-2H3,(H,24,25,26). The summed E-state index contributed by atoms with van der Waals surface area (Å²) in [6.45, 7) is 0. The summed E-state index contributed by atoms with van der Waals surface area (Å²) < 4.78 is 1.48. The van der Waals surface area contributed by atoms with Crippen molar-refractivity contribution >= 4 is 57.6 Å². The van der Waals surface area contributed by atoms with Crippen LogP contribution in [0.25, 0.3) is 22.2 Å². The van der Waals surface area contributed by atoms with Gasteiger partial charge in [0.1, 0.15) is 5.65 Å². The molecule has 0 radical (unpaired) electrons. The van der Waals surface area contributed by atoms with Crippen molar-refractivity contribution in [3.05, 3.63) is 75.1 Å². The number of hydrogen-bond donors (Lipinski definition) is 1. The van der Waals surface area contributed by atoms with Gasteiger partial charge in [-0.3, -0.25) is 9.36 Å². The highest BCUT2D eigenvalue weighted by Gasteiger charge is 2.16. The molecule has 0 spiro atoms. The number of nitrogens with one attached hydrogen (secondary N) is 1. The molecule has 0 saturated heterocycles. The van der Waals surface area contributed by atoms with Crippen LogP contribution in [0.15, 0.2) is 64.4 Å². The number of aryl methyl sites for hydroxylation is 1. The van der Waals surface area contributed by atoms with Crippen LogP contribution in [-0.2, 0) is 7.05 Å². The Morgan fingerprint density at radius 3 is 2.52 bits per heavy atom. The minimum absolute atomic E-state index is 0.235. The first-order chi connectivity index (χ1) is 14.0. The molecule has 1 N–H and O–H groups in total. The van der Waals surface area contributed by atoms with Gasteiger partial charge in [0.2, 0.25) is 5.95 Å². The van der Waals surface area contributed by atoms with Crippen LogP contribution < -0.4 is 10.9 Å². The molecule has 4 rings (SSSR count). The molecular weight excluding hydrogens is 427 g/mol. The van der Waals surface area contributed by atoms with Gasteiger partial charge in [-0.1, -0.05) is 41.4 Å². The third kappa shape index (κ3) is 3.71. The van der Waals surface area contributed by atoms with E-state index in [9.17, 15) is 4.79 Å². The Morgan fingerprint density at radius 2 is 1.79 bits per heavy atom. The number of hydrogen-bond acceptors (Lipinski definition) is 5. The summed E-state index contributed by atoms with van der Waals surface area (Å²) in [6, 6.07) is 14.8. The number of pyridine rings is 1. The van der Waals surface area contributed by atoms with E-state index in [2.05, 4.69) is 15.3 Å². The number of para-hydroxylation sites is 1. The predicted octanol–water partition coefficient (Wildman–Crippen LogP) is 5.77. The van der Waals surface area contributed by atoms with E-state index in [-0.39, 0.29) is 5.56 Å². The highest BCUT2D eigenvalue weighted by atomic mass is 35.5. The molecule has 0 saturated carbocycles. The van der Waals surface area contributed by atoms with Crippen molar-refractivity contribution in [1.82, 2.24) is 14.5 Å². The van der Waals surface area contributed by atoms with E-state index in [1.165, 1.54) is 4.57 Å². The third-order valence-electron chi connectivity index (χ3n) is 4.53. The van der Waals surface area contributed by atoms with E-state index in [0.29, 0.717) is 38.2 Å². The molecule has 4 aromatic rings. The van der Waals surface area contributed by atoms with Crippen LogP contribution >= 0.6 is 35.0 Å². The van der Waals surface area contributed by atoms with Gasteiger partial charge in [-0.2, -0.15) is 4.98 Å². The van der Waals surface area contributed by atoms with Gasteiger partial charge in [0.05, 0.1) is 21.3 Å². The SMILES string of the molecule is CSc1ccccc1Nc1ncc2cc(-c3c(Cl)cccc3Cl)c(=O)n(C)c2n1. The van der Waals surface area contributed by atoms with Crippen molar-refractivity contribution in [3.8, 4) is 11.1 Å². The van der Waals surface area contributed by atoms with Crippen molar-refractivity contribution in [2.75, 3.05) is 11.6 Å². The normalized spacial score (nSPS) is 11.0. The second kappa shape index (κ2) is 8.06. The van der Waals surface area contributed by atoms with Gasteiger partial charge in [0, 0.05) is 29.1 Å². The molecule has 2 heterocycles. The zero-order valence-corrected chi connectivity index (χ0v) is 17.9. The fourth-order valence-electron chi connectivity index (χ4n) is 3.11. The number of thioether (sulfide) groups is 1. The lowest BCUT2D eigenvalue weighted by atomic mass is 10.1. The van der Waals surface area contributed by atoms with Crippen molar-refractivity contribution < 1.29 is 0 Å². The van der Waals surface area contributed by atoms with Gasteiger partial charge in [-0.05, 0) is 36.6 Å². The monoisotopic (exact) mass is 442 g/mol. The fourth-order valence-corrected chi connectivity index (χ4v) is 4.26. The summed E-state index contributed by atoms with van der Waals surface area (Å²) in [5, 5.41) is 4.77. The lowest BCUT2D eigenvalue weighted by Gasteiger charge is -2.13. The van der Waals surface area contributed by atoms with E-state index in [1.807, 2.05) is 30.5 Å². The maximum Gasteiger partial charge on any atom is 0.259 e. The van der Waals surface area contributed by atoms with Crippen LogP contribution in [0.3, 0.4) is 0 Å². The summed E-state index contributed by atoms with van der Waals surface area (Å²) in [4.78, 5) is 23.1. The van der Waals surface area contributed by atoms with Crippen molar-refractivity contribution in [1.29, 1.82) is 0 Å². The highest BCUT2D eigenvalue weighted by molar-refractivity contribution is 7.98. The number of benzene rings is 2. The zero-order valence-electron chi connectivity index (χ0n) is 15.6. The van der Waals surface area contributed by atoms with E-state index >= 15 is 0 Å². The molecule has 0 atom stereocenters. The first-order valence-corrected chi connectivity index (χ1v) is 10.7. The van der Waals surface area contributed by atoms with Gasteiger partial charge < -0.3 is 5.32 Å². The van der Waals surface area contributed by atoms with Gasteiger partial charge in [-0.15, -0.1) is 11.8 Å². The first-order valence-electron chi connectivity index (χ1n) is 8.71. The van der Waals surface area contributed by atoms with Gasteiger partial charge in [0.15, 0.2) is 0 Å². The second-order valence-corrected chi connectivity index (χ2v) is 7.98. The van der Waals surface area contributed by atoms with E-state index in [4.69, 9.17) is 23.2 Å².